The Balaban J connectivity index is 2.15. The Labute approximate surface area is 83.3 Å². The van der Waals surface area contributed by atoms with E-state index in [2.05, 4.69) is 12.1 Å². The molecule has 1 aromatic carbocycles. The molecule has 2 heteroatoms. The van der Waals surface area contributed by atoms with E-state index in [-0.39, 0.29) is 5.41 Å². The number of nitrogens with two attached hydrogens (primary N) is 1. The molecule has 2 unspecified atom stereocenters. The quantitative estimate of drug-likeness (QED) is 0.663. The van der Waals surface area contributed by atoms with Crippen LogP contribution in [0.25, 0.3) is 0 Å². The van der Waals surface area contributed by atoms with E-state index < -0.39 is 0 Å². The monoisotopic (exact) mass is 184 g/mol. The van der Waals surface area contributed by atoms with Gasteiger partial charge >= 0.3 is 0 Å². The van der Waals surface area contributed by atoms with Crippen LogP contribution >= 0.6 is 0 Å². The second kappa shape index (κ2) is 2.37. The van der Waals surface area contributed by atoms with Crippen molar-refractivity contribution in [2.45, 2.75) is 30.7 Å². The Kier molecular flexibility index (Phi) is 1.36. The SMILES string of the molecule is N#Cc1ccc2c(c1)C1(CC2)CC1N. The first-order valence-corrected chi connectivity index (χ1v) is 5.05. The van der Waals surface area contributed by atoms with E-state index >= 15 is 0 Å². The molecule has 0 bridgehead atoms. The van der Waals surface area contributed by atoms with Gasteiger partial charge in [-0.15, -0.1) is 0 Å². The maximum absolute atomic E-state index is 8.84. The lowest BCUT2D eigenvalue weighted by atomic mass is 9.96. The van der Waals surface area contributed by atoms with Crippen molar-refractivity contribution >= 4 is 0 Å². The summed E-state index contributed by atoms with van der Waals surface area (Å²) in [6.45, 7) is 0. The van der Waals surface area contributed by atoms with Crippen LogP contribution in [0.15, 0.2) is 18.2 Å². The fourth-order valence-corrected chi connectivity index (χ4v) is 2.75. The van der Waals surface area contributed by atoms with Gasteiger partial charge in [0, 0.05) is 11.5 Å². The van der Waals surface area contributed by atoms with Crippen molar-refractivity contribution in [2.75, 3.05) is 0 Å². The third-order valence-corrected chi connectivity index (χ3v) is 3.75. The van der Waals surface area contributed by atoms with Crippen LogP contribution in [0.2, 0.25) is 0 Å². The Morgan fingerprint density at radius 1 is 1.50 bits per heavy atom. The lowest BCUT2D eigenvalue weighted by Gasteiger charge is -2.09. The summed E-state index contributed by atoms with van der Waals surface area (Å²) in [5.74, 6) is 0. The Bertz CT molecular complexity index is 444. The van der Waals surface area contributed by atoms with Crippen LogP contribution in [-0.4, -0.2) is 6.04 Å². The summed E-state index contributed by atoms with van der Waals surface area (Å²) in [5.41, 5.74) is 9.76. The highest BCUT2D eigenvalue weighted by Gasteiger charge is 2.56. The highest BCUT2D eigenvalue weighted by Crippen LogP contribution is 2.55. The number of hydrogen-bond acceptors (Lipinski definition) is 2. The first-order valence-electron chi connectivity index (χ1n) is 5.05. The largest absolute Gasteiger partial charge is 0.327 e. The highest BCUT2D eigenvalue weighted by atomic mass is 14.8. The molecule has 0 aromatic heterocycles. The Morgan fingerprint density at radius 3 is 2.93 bits per heavy atom. The van der Waals surface area contributed by atoms with Crippen molar-refractivity contribution in [3.8, 4) is 6.07 Å². The van der Waals surface area contributed by atoms with Crippen molar-refractivity contribution in [3.63, 3.8) is 0 Å². The molecule has 0 saturated heterocycles. The van der Waals surface area contributed by atoms with E-state index in [4.69, 9.17) is 11.0 Å². The topological polar surface area (TPSA) is 49.8 Å². The molecule has 1 spiro atoms. The molecule has 2 atom stereocenters. The smallest absolute Gasteiger partial charge is 0.0991 e. The second-order valence-electron chi connectivity index (χ2n) is 4.45. The van der Waals surface area contributed by atoms with Gasteiger partial charge in [0.25, 0.3) is 0 Å². The number of hydrogen-bond donors (Lipinski definition) is 1. The van der Waals surface area contributed by atoms with Gasteiger partial charge in [0.1, 0.15) is 0 Å². The average Bonchev–Trinajstić information content (AvgIpc) is 2.71. The molecular weight excluding hydrogens is 172 g/mol. The molecule has 2 nitrogen and oxygen atoms in total. The summed E-state index contributed by atoms with van der Waals surface area (Å²) in [7, 11) is 0. The molecule has 2 aliphatic rings. The zero-order valence-corrected chi connectivity index (χ0v) is 7.96. The summed E-state index contributed by atoms with van der Waals surface area (Å²) in [4.78, 5) is 0. The van der Waals surface area contributed by atoms with Gasteiger partial charge in [-0.25, -0.2) is 0 Å². The van der Waals surface area contributed by atoms with E-state index in [9.17, 15) is 0 Å². The molecule has 1 saturated carbocycles. The van der Waals surface area contributed by atoms with Crippen LogP contribution in [0.3, 0.4) is 0 Å². The first kappa shape index (κ1) is 8.02. The number of nitrogens with zero attached hydrogens (tertiary/aromatic N) is 1. The van der Waals surface area contributed by atoms with Crippen LogP contribution in [0.4, 0.5) is 0 Å². The van der Waals surface area contributed by atoms with Gasteiger partial charge in [-0.2, -0.15) is 5.26 Å². The van der Waals surface area contributed by atoms with Crippen molar-refractivity contribution < 1.29 is 0 Å². The third kappa shape index (κ3) is 0.830. The fourth-order valence-electron chi connectivity index (χ4n) is 2.75. The maximum Gasteiger partial charge on any atom is 0.0991 e. The lowest BCUT2D eigenvalue weighted by Crippen LogP contribution is -2.15. The summed E-state index contributed by atoms with van der Waals surface area (Å²) >= 11 is 0. The standard InChI is InChI=1S/C12H12N2/c13-7-8-1-2-9-3-4-12(6-11(12)14)10(9)5-8/h1-2,5,11H,3-4,6,14H2. The van der Waals surface area contributed by atoms with Crippen LogP contribution < -0.4 is 5.73 Å². The molecule has 0 heterocycles. The molecule has 1 aromatic rings. The number of fused-ring (bicyclic) bond motifs is 2. The summed E-state index contributed by atoms with van der Waals surface area (Å²) in [6, 6.07) is 8.56. The minimum absolute atomic E-state index is 0.252. The molecule has 0 amide bonds. The van der Waals surface area contributed by atoms with Crippen molar-refractivity contribution in [2.24, 2.45) is 5.73 Å². The van der Waals surface area contributed by atoms with Crippen LogP contribution in [0.5, 0.6) is 0 Å². The summed E-state index contributed by atoms with van der Waals surface area (Å²) in [6.07, 6.45) is 3.42. The number of benzene rings is 1. The van der Waals surface area contributed by atoms with Crippen LogP contribution in [0.1, 0.15) is 29.5 Å². The van der Waals surface area contributed by atoms with Gasteiger partial charge in [-0.05, 0) is 42.5 Å². The molecule has 2 aliphatic carbocycles. The van der Waals surface area contributed by atoms with Crippen molar-refractivity contribution in [1.82, 2.24) is 0 Å². The van der Waals surface area contributed by atoms with E-state index in [1.54, 1.807) is 0 Å². The van der Waals surface area contributed by atoms with E-state index in [0.717, 1.165) is 18.4 Å². The van der Waals surface area contributed by atoms with Gasteiger partial charge in [0.05, 0.1) is 11.6 Å². The van der Waals surface area contributed by atoms with E-state index in [0.29, 0.717) is 6.04 Å². The maximum atomic E-state index is 8.84. The lowest BCUT2D eigenvalue weighted by molar-refractivity contribution is 0.651. The van der Waals surface area contributed by atoms with Gasteiger partial charge in [-0.3, -0.25) is 0 Å². The molecule has 1 fully saturated rings. The first-order chi connectivity index (χ1) is 6.76. The normalized spacial score (nSPS) is 32.7. The van der Waals surface area contributed by atoms with Crippen molar-refractivity contribution in [1.29, 1.82) is 5.26 Å². The average molecular weight is 184 g/mol. The van der Waals surface area contributed by atoms with E-state index in [1.165, 1.54) is 17.5 Å². The van der Waals surface area contributed by atoms with Crippen LogP contribution in [-0.2, 0) is 11.8 Å². The molecule has 70 valence electrons. The van der Waals surface area contributed by atoms with Gasteiger partial charge < -0.3 is 5.73 Å². The number of rotatable bonds is 0. The summed E-state index contributed by atoms with van der Waals surface area (Å²) in [5, 5.41) is 8.84. The highest BCUT2D eigenvalue weighted by molar-refractivity contribution is 5.50. The van der Waals surface area contributed by atoms with Gasteiger partial charge in [-0.1, -0.05) is 6.07 Å². The number of aryl methyl sites for hydroxylation is 1. The molecule has 14 heavy (non-hydrogen) atoms. The van der Waals surface area contributed by atoms with Crippen molar-refractivity contribution in [3.05, 3.63) is 34.9 Å². The number of nitriles is 1. The summed E-state index contributed by atoms with van der Waals surface area (Å²) < 4.78 is 0. The third-order valence-electron chi connectivity index (χ3n) is 3.75. The Morgan fingerprint density at radius 2 is 2.29 bits per heavy atom. The molecule has 3 rings (SSSR count). The fraction of sp³-hybridized carbons (Fsp3) is 0.417. The van der Waals surface area contributed by atoms with Crippen LogP contribution in [0, 0.1) is 11.3 Å². The zero-order valence-electron chi connectivity index (χ0n) is 7.96. The predicted molar refractivity (Wildman–Crippen MR) is 53.7 cm³/mol. The minimum Gasteiger partial charge on any atom is -0.327 e. The second-order valence-corrected chi connectivity index (χ2v) is 4.45. The Hall–Kier alpha value is -1.33. The molecule has 0 radical (unpaired) electrons. The zero-order chi connectivity index (χ0) is 9.76. The van der Waals surface area contributed by atoms with Gasteiger partial charge in [0.2, 0.25) is 0 Å². The minimum atomic E-state index is 0.252. The molecule has 0 aliphatic heterocycles. The molecular formula is C12H12N2. The molecule has 2 N–H and O–H groups in total. The predicted octanol–water partition coefficient (Wildman–Crippen LogP) is 1.47. The van der Waals surface area contributed by atoms with Gasteiger partial charge in [0.15, 0.2) is 0 Å². The van der Waals surface area contributed by atoms with E-state index in [1.807, 2.05) is 12.1 Å².